The van der Waals surface area contributed by atoms with Gasteiger partial charge in [0.15, 0.2) is 12.4 Å². The van der Waals surface area contributed by atoms with Gasteiger partial charge in [-0.15, -0.1) is 11.3 Å². The summed E-state index contributed by atoms with van der Waals surface area (Å²) >= 11 is 0.960. The Labute approximate surface area is 195 Å². The molecule has 2 aromatic heterocycles. The third kappa shape index (κ3) is 5.98. The quantitative estimate of drug-likeness (QED) is 0.464. The third-order valence-electron chi connectivity index (χ3n) is 4.36. The van der Waals surface area contributed by atoms with Crippen LogP contribution in [0.25, 0.3) is 0 Å². The Kier molecular flexibility index (Phi) is 7.83. The number of rotatable bonds is 9. The Hall–Kier alpha value is -3.66. The first kappa shape index (κ1) is 24.0. The molecule has 0 fully saturated rings. The molecule has 1 aromatic carbocycles. The van der Waals surface area contributed by atoms with Gasteiger partial charge < -0.3 is 19.5 Å². The molecule has 3 rings (SSSR count). The zero-order valence-electron chi connectivity index (χ0n) is 18.8. The predicted octanol–water partition coefficient (Wildman–Crippen LogP) is 4.28. The smallest absolute Gasteiger partial charge is 0.348 e. The highest BCUT2D eigenvalue weighted by atomic mass is 32.1. The van der Waals surface area contributed by atoms with E-state index in [0.717, 1.165) is 11.3 Å². The first-order valence-electron chi connectivity index (χ1n) is 10.3. The number of hydrogen-bond donors (Lipinski definition) is 1. The Morgan fingerprint density at radius 1 is 1.12 bits per heavy atom. The zero-order valence-corrected chi connectivity index (χ0v) is 19.6. The van der Waals surface area contributed by atoms with Gasteiger partial charge in [0, 0.05) is 6.20 Å². The van der Waals surface area contributed by atoms with Crippen molar-refractivity contribution in [1.82, 2.24) is 9.78 Å². The lowest BCUT2D eigenvalue weighted by molar-refractivity contribution is 0.0379. The highest BCUT2D eigenvalue weighted by Gasteiger charge is 2.28. The van der Waals surface area contributed by atoms with Gasteiger partial charge >= 0.3 is 11.9 Å². The number of carbonyl (C=O) groups excluding carboxylic acids is 3. The van der Waals surface area contributed by atoms with E-state index in [0.29, 0.717) is 11.3 Å². The minimum atomic E-state index is -0.633. The van der Waals surface area contributed by atoms with E-state index in [1.165, 1.54) is 10.7 Å². The topological polar surface area (TPSA) is 109 Å². The highest BCUT2D eigenvalue weighted by Crippen LogP contribution is 2.34. The molecule has 174 valence electrons. The number of ether oxygens (including phenoxy) is 3. The number of benzene rings is 1. The van der Waals surface area contributed by atoms with E-state index in [1.54, 1.807) is 33.9 Å². The summed E-state index contributed by atoms with van der Waals surface area (Å²) in [5, 5.41) is 7.09. The summed E-state index contributed by atoms with van der Waals surface area (Å²) in [7, 11) is 0. The first-order valence-corrected chi connectivity index (χ1v) is 11.2. The fourth-order valence-corrected chi connectivity index (χ4v) is 3.97. The van der Waals surface area contributed by atoms with Gasteiger partial charge in [-0.25, -0.2) is 14.3 Å². The van der Waals surface area contributed by atoms with Crippen molar-refractivity contribution in [2.45, 2.75) is 40.5 Å². The van der Waals surface area contributed by atoms with Gasteiger partial charge in [-0.1, -0.05) is 18.2 Å². The van der Waals surface area contributed by atoms with E-state index in [-0.39, 0.29) is 40.6 Å². The van der Waals surface area contributed by atoms with Crippen LogP contribution in [-0.4, -0.2) is 40.3 Å². The van der Waals surface area contributed by atoms with Crippen LogP contribution < -0.4 is 10.1 Å². The molecule has 0 saturated carbocycles. The summed E-state index contributed by atoms with van der Waals surface area (Å²) in [5.74, 6) is -1.07. The van der Waals surface area contributed by atoms with E-state index in [2.05, 4.69) is 10.4 Å². The van der Waals surface area contributed by atoms with E-state index in [4.69, 9.17) is 14.2 Å². The van der Waals surface area contributed by atoms with Crippen LogP contribution >= 0.6 is 11.3 Å². The molecule has 0 bridgehead atoms. The van der Waals surface area contributed by atoms with Crippen molar-refractivity contribution in [2.24, 2.45) is 0 Å². The summed E-state index contributed by atoms with van der Waals surface area (Å²) in [5.41, 5.74) is 0.636. The molecule has 0 radical (unpaired) electrons. The van der Waals surface area contributed by atoms with Crippen molar-refractivity contribution in [3.8, 4) is 5.75 Å². The number of aromatic nitrogens is 2. The largest absolute Gasteiger partial charge is 0.471 e. The molecule has 0 aliphatic rings. The lowest BCUT2D eigenvalue weighted by atomic mass is 10.1. The molecule has 0 unspecified atom stereocenters. The molecule has 33 heavy (non-hydrogen) atoms. The van der Waals surface area contributed by atoms with Gasteiger partial charge in [0.05, 0.1) is 18.3 Å². The van der Waals surface area contributed by atoms with Gasteiger partial charge in [-0.2, -0.15) is 5.10 Å². The second-order valence-corrected chi connectivity index (χ2v) is 8.24. The van der Waals surface area contributed by atoms with Crippen LogP contribution in [0.1, 0.15) is 56.9 Å². The average Bonchev–Trinajstić information content (AvgIpc) is 3.37. The monoisotopic (exact) mass is 471 g/mol. The van der Waals surface area contributed by atoms with E-state index in [1.807, 2.05) is 30.3 Å². The molecule has 0 saturated heterocycles. The normalized spacial score (nSPS) is 10.7. The summed E-state index contributed by atoms with van der Waals surface area (Å²) in [6, 6.07) is 10.8. The van der Waals surface area contributed by atoms with Crippen LogP contribution in [0.3, 0.4) is 0 Å². The number of hydrogen-bond acceptors (Lipinski definition) is 8. The lowest BCUT2D eigenvalue weighted by Gasteiger charge is -2.10. The summed E-state index contributed by atoms with van der Waals surface area (Å²) in [6.07, 6.45) is 1.24. The number of para-hydroxylation sites is 1. The number of nitrogens with one attached hydrogen (secondary N) is 1. The average molecular weight is 472 g/mol. The van der Waals surface area contributed by atoms with Gasteiger partial charge in [0.1, 0.15) is 15.6 Å². The molecule has 10 heteroatoms. The van der Waals surface area contributed by atoms with Crippen LogP contribution in [0.15, 0.2) is 42.6 Å². The molecular weight excluding hydrogens is 446 g/mol. The number of esters is 2. The molecule has 0 atom stereocenters. The standard InChI is InChI=1S/C23H25N3O6S/c1-5-30-23(29)19-15(4)18(22(28)32-14(2)3)21(33-19)24-20(27)17-11-12-26(25-17)13-31-16-9-7-6-8-10-16/h6-12,14H,5,13H2,1-4H3,(H,24,27). The third-order valence-corrected chi connectivity index (χ3v) is 5.55. The van der Waals surface area contributed by atoms with E-state index < -0.39 is 17.8 Å². The fourth-order valence-electron chi connectivity index (χ4n) is 2.89. The van der Waals surface area contributed by atoms with Crippen LogP contribution in [0.4, 0.5) is 5.00 Å². The Morgan fingerprint density at radius 3 is 2.52 bits per heavy atom. The second kappa shape index (κ2) is 10.8. The minimum Gasteiger partial charge on any atom is -0.471 e. The summed E-state index contributed by atoms with van der Waals surface area (Å²) in [4.78, 5) is 38.0. The molecular formula is C23H25N3O6S. The Morgan fingerprint density at radius 2 is 1.85 bits per heavy atom. The van der Waals surface area contributed by atoms with Crippen molar-refractivity contribution in [1.29, 1.82) is 0 Å². The molecule has 3 aromatic rings. The van der Waals surface area contributed by atoms with Crippen LogP contribution in [0.5, 0.6) is 5.75 Å². The van der Waals surface area contributed by atoms with Crippen molar-refractivity contribution in [3.63, 3.8) is 0 Å². The van der Waals surface area contributed by atoms with Crippen LogP contribution in [-0.2, 0) is 16.2 Å². The fraction of sp³-hybridized carbons (Fsp3) is 0.304. The molecule has 0 aliphatic heterocycles. The molecule has 1 amide bonds. The van der Waals surface area contributed by atoms with E-state index in [9.17, 15) is 14.4 Å². The van der Waals surface area contributed by atoms with Crippen molar-refractivity contribution in [3.05, 3.63) is 64.3 Å². The van der Waals surface area contributed by atoms with E-state index >= 15 is 0 Å². The number of anilines is 1. The number of nitrogens with zero attached hydrogens (tertiary/aromatic N) is 2. The lowest BCUT2D eigenvalue weighted by Crippen LogP contribution is -2.17. The van der Waals surface area contributed by atoms with Crippen molar-refractivity contribution < 1.29 is 28.6 Å². The van der Waals surface area contributed by atoms with Gasteiger partial charge in [0.2, 0.25) is 0 Å². The maximum atomic E-state index is 12.8. The predicted molar refractivity (Wildman–Crippen MR) is 123 cm³/mol. The molecule has 1 N–H and O–H groups in total. The summed E-state index contributed by atoms with van der Waals surface area (Å²) < 4.78 is 17.5. The molecule has 0 spiro atoms. The minimum absolute atomic E-state index is 0.119. The Balaban J connectivity index is 1.79. The maximum absolute atomic E-state index is 12.8. The highest BCUT2D eigenvalue weighted by molar-refractivity contribution is 7.18. The van der Waals surface area contributed by atoms with Crippen LogP contribution in [0.2, 0.25) is 0 Å². The number of thiophene rings is 1. The first-order chi connectivity index (χ1) is 15.8. The van der Waals surface area contributed by atoms with Crippen molar-refractivity contribution >= 4 is 34.2 Å². The Bertz CT molecular complexity index is 1140. The van der Waals surface area contributed by atoms with Gasteiger partial charge in [-0.05, 0) is 51.5 Å². The maximum Gasteiger partial charge on any atom is 0.348 e. The van der Waals surface area contributed by atoms with Gasteiger partial charge in [-0.3, -0.25) is 4.79 Å². The molecule has 9 nitrogen and oxygen atoms in total. The zero-order chi connectivity index (χ0) is 24.0. The van der Waals surface area contributed by atoms with Crippen molar-refractivity contribution in [2.75, 3.05) is 11.9 Å². The second-order valence-electron chi connectivity index (χ2n) is 7.22. The van der Waals surface area contributed by atoms with Crippen LogP contribution in [0, 0.1) is 6.92 Å². The number of carbonyl (C=O) groups is 3. The SMILES string of the molecule is CCOC(=O)c1sc(NC(=O)c2ccn(COc3ccccc3)n2)c(C(=O)OC(C)C)c1C. The van der Waals surface area contributed by atoms with Gasteiger partial charge in [0.25, 0.3) is 5.91 Å². The summed E-state index contributed by atoms with van der Waals surface area (Å²) in [6.45, 7) is 7.04. The molecule has 2 heterocycles. The molecule has 0 aliphatic carbocycles. The number of amides is 1.